The zero-order valence-corrected chi connectivity index (χ0v) is 11.5. The van der Waals surface area contributed by atoms with Crippen molar-refractivity contribution in [3.05, 3.63) is 22.7 Å². The number of halogens is 1. The van der Waals surface area contributed by atoms with Crippen LogP contribution in [0.5, 0.6) is 5.75 Å². The van der Waals surface area contributed by atoms with Gasteiger partial charge in [-0.15, -0.1) is 0 Å². The summed E-state index contributed by atoms with van der Waals surface area (Å²) in [7, 11) is 0. The van der Waals surface area contributed by atoms with Crippen molar-refractivity contribution in [3.63, 3.8) is 0 Å². The molecule has 16 heavy (non-hydrogen) atoms. The normalized spacial score (nSPS) is 10.8. The average molecular weight is 287 g/mol. The van der Waals surface area contributed by atoms with Gasteiger partial charge in [0, 0.05) is 12.2 Å². The Morgan fingerprint density at radius 3 is 2.62 bits per heavy atom. The quantitative estimate of drug-likeness (QED) is 0.818. The van der Waals surface area contributed by atoms with Gasteiger partial charge in [0.1, 0.15) is 12.4 Å². The zero-order valence-electron chi connectivity index (χ0n) is 9.87. The number of anilines is 1. The van der Waals surface area contributed by atoms with Crippen LogP contribution in [0.25, 0.3) is 0 Å². The minimum Gasteiger partial charge on any atom is -0.491 e. The molecule has 0 aliphatic heterocycles. The lowest BCUT2D eigenvalue weighted by atomic mass is 10.3. The standard InChI is InChI=1S/C12H19BrN2O/c1-3-15(4-2)8-9-16-11-7-5-6-10(14)12(11)13/h5-7H,3-4,8-9,14H2,1-2H3. The predicted molar refractivity (Wildman–Crippen MR) is 71.8 cm³/mol. The Labute approximate surface area is 106 Å². The molecule has 0 spiro atoms. The van der Waals surface area contributed by atoms with Crippen molar-refractivity contribution in [3.8, 4) is 5.75 Å². The van der Waals surface area contributed by atoms with Gasteiger partial charge in [0.25, 0.3) is 0 Å². The van der Waals surface area contributed by atoms with Crippen LogP contribution in [0.2, 0.25) is 0 Å². The van der Waals surface area contributed by atoms with Crippen molar-refractivity contribution >= 4 is 21.6 Å². The van der Waals surface area contributed by atoms with E-state index in [9.17, 15) is 0 Å². The molecule has 1 aromatic rings. The monoisotopic (exact) mass is 286 g/mol. The largest absolute Gasteiger partial charge is 0.491 e. The fraction of sp³-hybridized carbons (Fsp3) is 0.500. The van der Waals surface area contributed by atoms with Crippen LogP contribution < -0.4 is 10.5 Å². The number of benzene rings is 1. The molecule has 0 aliphatic rings. The first-order chi connectivity index (χ1) is 7.69. The topological polar surface area (TPSA) is 38.5 Å². The highest BCUT2D eigenvalue weighted by molar-refractivity contribution is 9.10. The molecule has 0 heterocycles. The highest BCUT2D eigenvalue weighted by Gasteiger charge is 2.04. The number of ether oxygens (including phenoxy) is 1. The molecule has 0 bridgehead atoms. The van der Waals surface area contributed by atoms with E-state index in [-0.39, 0.29) is 0 Å². The van der Waals surface area contributed by atoms with E-state index in [1.807, 2.05) is 18.2 Å². The van der Waals surface area contributed by atoms with Crippen molar-refractivity contribution < 1.29 is 4.74 Å². The molecule has 90 valence electrons. The maximum Gasteiger partial charge on any atom is 0.135 e. The Balaban J connectivity index is 2.46. The Morgan fingerprint density at radius 2 is 2.00 bits per heavy atom. The lowest BCUT2D eigenvalue weighted by Crippen LogP contribution is -2.27. The summed E-state index contributed by atoms with van der Waals surface area (Å²) in [5, 5.41) is 0. The van der Waals surface area contributed by atoms with Gasteiger partial charge in [-0.1, -0.05) is 19.9 Å². The highest BCUT2D eigenvalue weighted by atomic mass is 79.9. The van der Waals surface area contributed by atoms with Crippen molar-refractivity contribution in [2.45, 2.75) is 13.8 Å². The van der Waals surface area contributed by atoms with E-state index in [0.717, 1.165) is 29.9 Å². The summed E-state index contributed by atoms with van der Waals surface area (Å²) in [5.41, 5.74) is 6.48. The second-order valence-corrected chi connectivity index (χ2v) is 4.33. The van der Waals surface area contributed by atoms with Crippen LogP contribution in [0.3, 0.4) is 0 Å². The number of hydrogen-bond donors (Lipinski definition) is 1. The average Bonchev–Trinajstić information content (AvgIpc) is 2.30. The summed E-state index contributed by atoms with van der Waals surface area (Å²) in [4.78, 5) is 2.32. The third-order valence-electron chi connectivity index (χ3n) is 2.55. The van der Waals surface area contributed by atoms with Crippen LogP contribution in [-0.4, -0.2) is 31.1 Å². The van der Waals surface area contributed by atoms with Gasteiger partial charge in [0.15, 0.2) is 0 Å². The van der Waals surface area contributed by atoms with Crippen LogP contribution in [0.4, 0.5) is 5.69 Å². The Hall–Kier alpha value is -0.740. The number of nitrogen functional groups attached to an aromatic ring is 1. The second kappa shape index (κ2) is 6.76. The zero-order chi connectivity index (χ0) is 12.0. The summed E-state index contributed by atoms with van der Waals surface area (Å²) in [6.07, 6.45) is 0. The number of nitrogens with two attached hydrogens (primary N) is 1. The minimum atomic E-state index is 0.684. The van der Waals surface area contributed by atoms with Crippen molar-refractivity contribution in [2.24, 2.45) is 0 Å². The van der Waals surface area contributed by atoms with Crippen LogP contribution in [0, 0.1) is 0 Å². The second-order valence-electron chi connectivity index (χ2n) is 3.53. The Morgan fingerprint density at radius 1 is 1.31 bits per heavy atom. The van der Waals surface area contributed by atoms with E-state index in [1.165, 1.54) is 0 Å². The van der Waals surface area contributed by atoms with E-state index in [0.29, 0.717) is 12.3 Å². The first-order valence-corrected chi connectivity index (χ1v) is 6.37. The van der Waals surface area contributed by atoms with Gasteiger partial charge in [0.2, 0.25) is 0 Å². The third-order valence-corrected chi connectivity index (χ3v) is 3.40. The predicted octanol–water partition coefficient (Wildman–Crippen LogP) is 2.75. The highest BCUT2D eigenvalue weighted by Crippen LogP contribution is 2.30. The molecule has 0 saturated heterocycles. The van der Waals surface area contributed by atoms with Crippen molar-refractivity contribution in [2.75, 3.05) is 32.0 Å². The third kappa shape index (κ3) is 3.68. The molecular formula is C12H19BrN2O. The van der Waals surface area contributed by atoms with Gasteiger partial charge in [0.05, 0.1) is 4.47 Å². The van der Waals surface area contributed by atoms with Crippen LogP contribution in [0.15, 0.2) is 22.7 Å². The molecule has 0 unspecified atom stereocenters. The fourth-order valence-electron chi connectivity index (χ4n) is 1.46. The van der Waals surface area contributed by atoms with Gasteiger partial charge in [-0.3, -0.25) is 0 Å². The van der Waals surface area contributed by atoms with Crippen LogP contribution in [-0.2, 0) is 0 Å². The van der Waals surface area contributed by atoms with Crippen molar-refractivity contribution in [1.29, 1.82) is 0 Å². The van der Waals surface area contributed by atoms with Crippen LogP contribution >= 0.6 is 15.9 Å². The smallest absolute Gasteiger partial charge is 0.135 e. The SMILES string of the molecule is CCN(CC)CCOc1cccc(N)c1Br. The summed E-state index contributed by atoms with van der Waals surface area (Å²) < 4.78 is 6.53. The minimum absolute atomic E-state index is 0.684. The Kier molecular flexibility index (Phi) is 5.63. The van der Waals surface area contributed by atoms with Gasteiger partial charge in [-0.25, -0.2) is 0 Å². The maximum atomic E-state index is 5.77. The molecule has 1 aromatic carbocycles. The lowest BCUT2D eigenvalue weighted by molar-refractivity contribution is 0.222. The molecule has 0 fully saturated rings. The Bertz CT molecular complexity index is 327. The molecule has 2 N–H and O–H groups in total. The van der Waals surface area contributed by atoms with E-state index in [4.69, 9.17) is 10.5 Å². The van der Waals surface area contributed by atoms with Gasteiger partial charge >= 0.3 is 0 Å². The summed E-state index contributed by atoms with van der Waals surface area (Å²) in [6, 6.07) is 5.66. The first-order valence-electron chi connectivity index (χ1n) is 5.58. The van der Waals surface area contributed by atoms with E-state index in [2.05, 4.69) is 34.7 Å². The first kappa shape index (κ1) is 13.3. The van der Waals surface area contributed by atoms with E-state index in [1.54, 1.807) is 0 Å². The lowest BCUT2D eigenvalue weighted by Gasteiger charge is -2.18. The fourth-order valence-corrected chi connectivity index (χ4v) is 1.84. The molecule has 0 aromatic heterocycles. The van der Waals surface area contributed by atoms with E-state index >= 15 is 0 Å². The molecule has 4 heteroatoms. The summed E-state index contributed by atoms with van der Waals surface area (Å²) in [6.45, 7) is 8.04. The molecule has 3 nitrogen and oxygen atoms in total. The number of rotatable bonds is 6. The van der Waals surface area contributed by atoms with Gasteiger partial charge in [-0.05, 0) is 41.2 Å². The molecule has 0 atom stereocenters. The molecule has 0 radical (unpaired) electrons. The van der Waals surface area contributed by atoms with E-state index < -0.39 is 0 Å². The summed E-state index contributed by atoms with van der Waals surface area (Å²) in [5.74, 6) is 0.812. The molecule has 1 rings (SSSR count). The number of nitrogens with zero attached hydrogens (tertiary/aromatic N) is 1. The maximum absolute atomic E-state index is 5.77. The van der Waals surface area contributed by atoms with Gasteiger partial charge in [-0.2, -0.15) is 0 Å². The number of likely N-dealkylation sites (N-methyl/N-ethyl adjacent to an activating group) is 1. The molecular weight excluding hydrogens is 268 g/mol. The summed E-state index contributed by atoms with van der Waals surface area (Å²) >= 11 is 3.42. The molecule has 0 aliphatic carbocycles. The molecule has 0 amide bonds. The van der Waals surface area contributed by atoms with Gasteiger partial charge < -0.3 is 15.4 Å². The number of hydrogen-bond acceptors (Lipinski definition) is 3. The molecule has 0 saturated carbocycles. The van der Waals surface area contributed by atoms with Crippen LogP contribution in [0.1, 0.15) is 13.8 Å². The van der Waals surface area contributed by atoms with Crippen molar-refractivity contribution in [1.82, 2.24) is 4.90 Å².